The third kappa shape index (κ3) is 6.04. The molecule has 2 aliphatic rings. The van der Waals surface area contributed by atoms with Crippen LogP contribution in [0.1, 0.15) is 22.5 Å². The van der Waals surface area contributed by atoms with Crippen LogP contribution in [-0.2, 0) is 29.5 Å². The SMILES string of the molecule is CS(=O)(=O)CCNCc1ccc(-c2ccc3c(c2)C2=Nc4ccc(OCc5cccc(F)c5)c(Cl)c4CN2C=N3)o1. The largest absolute Gasteiger partial charge is 0.487 e. The standard InChI is InChI=1S/C30H26ClFN4O4S/c1-41(37,38)12-11-33-15-22-6-9-27(40-22)20-5-7-25-23(14-20)30-35-26-8-10-28(29(31)24(26)16-36(30)18-34-25)39-17-19-3-2-4-21(32)13-19/h2-10,13-14,18,33H,11-12,15-17H2,1H3. The number of aliphatic imine (C=N–C) groups is 2. The summed E-state index contributed by atoms with van der Waals surface area (Å²) in [4.78, 5) is 11.5. The molecule has 3 heterocycles. The molecule has 4 aromatic rings. The van der Waals surface area contributed by atoms with Crippen LogP contribution in [0, 0.1) is 5.82 Å². The second-order valence-electron chi connectivity index (χ2n) is 9.91. The molecule has 1 aromatic heterocycles. The van der Waals surface area contributed by atoms with Gasteiger partial charge in [-0.2, -0.15) is 0 Å². The third-order valence-corrected chi connectivity index (χ3v) is 8.12. The summed E-state index contributed by atoms with van der Waals surface area (Å²) in [7, 11) is -3.02. The van der Waals surface area contributed by atoms with Crippen LogP contribution in [0.2, 0.25) is 5.02 Å². The first-order valence-corrected chi connectivity index (χ1v) is 15.4. The summed E-state index contributed by atoms with van der Waals surface area (Å²) in [6.45, 7) is 1.43. The van der Waals surface area contributed by atoms with Gasteiger partial charge in [0, 0.05) is 29.5 Å². The van der Waals surface area contributed by atoms with Crippen molar-refractivity contribution in [1.29, 1.82) is 0 Å². The van der Waals surface area contributed by atoms with E-state index in [0.29, 0.717) is 47.5 Å². The Labute approximate surface area is 242 Å². The molecule has 3 aromatic carbocycles. The molecule has 6 rings (SSSR count). The maximum Gasteiger partial charge on any atom is 0.148 e. The molecular weight excluding hydrogens is 567 g/mol. The van der Waals surface area contributed by atoms with E-state index in [4.69, 9.17) is 25.7 Å². The predicted molar refractivity (Wildman–Crippen MR) is 158 cm³/mol. The van der Waals surface area contributed by atoms with Crippen LogP contribution < -0.4 is 10.1 Å². The number of hydrogen-bond donors (Lipinski definition) is 1. The quantitative estimate of drug-likeness (QED) is 0.239. The van der Waals surface area contributed by atoms with E-state index in [-0.39, 0.29) is 18.2 Å². The summed E-state index contributed by atoms with van der Waals surface area (Å²) >= 11 is 6.74. The topological polar surface area (TPSA) is 96.5 Å². The average Bonchev–Trinajstić information content (AvgIpc) is 3.42. The zero-order chi connectivity index (χ0) is 28.6. The van der Waals surface area contributed by atoms with Gasteiger partial charge >= 0.3 is 0 Å². The second kappa shape index (κ2) is 11.1. The van der Waals surface area contributed by atoms with Crippen molar-refractivity contribution in [2.75, 3.05) is 18.6 Å². The number of halogens is 2. The molecule has 0 atom stereocenters. The lowest BCUT2D eigenvalue weighted by atomic mass is 10.0. The molecule has 41 heavy (non-hydrogen) atoms. The van der Waals surface area contributed by atoms with Crippen molar-refractivity contribution in [3.63, 3.8) is 0 Å². The van der Waals surface area contributed by atoms with Gasteiger partial charge in [-0.05, 0) is 60.2 Å². The number of nitrogens with zero attached hydrogens (tertiary/aromatic N) is 3. The van der Waals surface area contributed by atoms with E-state index in [1.165, 1.54) is 18.4 Å². The summed E-state index contributed by atoms with van der Waals surface area (Å²) in [5.41, 5.74) is 4.80. The number of benzene rings is 3. The smallest absolute Gasteiger partial charge is 0.148 e. The van der Waals surface area contributed by atoms with Crippen molar-refractivity contribution < 1.29 is 22.0 Å². The first-order valence-electron chi connectivity index (χ1n) is 12.9. The van der Waals surface area contributed by atoms with Gasteiger partial charge in [-0.1, -0.05) is 23.7 Å². The van der Waals surface area contributed by atoms with Crippen LogP contribution in [0.3, 0.4) is 0 Å². The van der Waals surface area contributed by atoms with E-state index in [0.717, 1.165) is 33.9 Å². The lowest BCUT2D eigenvalue weighted by Crippen LogP contribution is -2.34. The normalized spacial score (nSPS) is 13.8. The molecule has 0 saturated heterocycles. The van der Waals surface area contributed by atoms with Gasteiger partial charge < -0.3 is 19.4 Å². The summed E-state index contributed by atoms with van der Waals surface area (Å²) in [5, 5.41) is 3.55. The van der Waals surface area contributed by atoms with Gasteiger partial charge in [-0.15, -0.1) is 0 Å². The molecule has 210 valence electrons. The average molecular weight is 593 g/mol. The summed E-state index contributed by atoms with van der Waals surface area (Å²) in [6, 6.07) is 19.6. The Hall–Kier alpha value is -3.99. The maximum absolute atomic E-state index is 13.5. The molecule has 11 heteroatoms. The zero-order valence-electron chi connectivity index (χ0n) is 22.1. The Morgan fingerprint density at radius 3 is 2.78 bits per heavy atom. The third-order valence-electron chi connectivity index (χ3n) is 6.76. The molecule has 2 aliphatic heterocycles. The first-order chi connectivity index (χ1) is 19.7. The van der Waals surface area contributed by atoms with Crippen LogP contribution in [0.15, 0.2) is 81.1 Å². The fourth-order valence-corrected chi connectivity index (χ4v) is 5.48. The van der Waals surface area contributed by atoms with Crippen LogP contribution in [0.4, 0.5) is 15.8 Å². The van der Waals surface area contributed by atoms with E-state index in [1.807, 2.05) is 41.3 Å². The van der Waals surface area contributed by atoms with Crippen molar-refractivity contribution in [2.24, 2.45) is 9.98 Å². The second-order valence-corrected chi connectivity index (χ2v) is 12.5. The zero-order valence-corrected chi connectivity index (χ0v) is 23.7. The van der Waals surface area contributed by atoms with Gasteiger partial charge in [0.2, 0.25) is 0 Å². The minimum atomic E-state index is -3.02. The van der Waals surface area contributed by atoms with Crippen molar-refractivity contribution in [2.45, 2.75) is 19.7 Å². The molecule has 0 aliphatic carbocycles. The van der Waals surface area contributed by atoms with Crippen LogP contribution in [-0.4, -0.2) is 44.0 Å². The van der Waals surface area contributed by atoms with Crippen molar-refractivity contribution in [3.05, 3.63) is 100 Å². The van der Waals surface area contributed by atoms with E-state index in [1.54, 1.807) is 24.5 Å². The summed E-state index contributed by atoms with van der Waals surface area (Å²) in [6.07, 6.45) is 2.96. The predicted octanol–water partition coefficient (Wildman–Crippen LogP) is 6.02. The number of rotatable bonds is 9. The van der Waals surface area contributed by atoms with Crippen LogP contribution in [0.5, 0.6) is 5.75 Å². The lowest BCUT2D eigenvalue weighted by molar-refractivity contribution is 0.305. The van der Waals surface area contributed by atoms with Gasteiger partial charge in [-0.3, -0.25) is 0 Å². The number of amidine groups is 1. The highest BCUT2D eigenvalue weighted by molar-refractivity contribution is 7.90. The number of furan rings is 1. The molecule has 0 bridgehead atoms. The number of hydrogen-bond acceptors (Lipinski definition) is 8. The van der Waals surface area contributed by atoms with Crippen molar-refractivity contribution in [3.8, 4) is 17.1 Å². The van der Waals surface area contributed by atoms with Gasteiger partial charge in [-0.25, -0.2) is 22.8 Å². The van der Waals surface area contributed by atoms with Crippen LogP contribution >= 0.6 is 11.6 Å². The van der Waals surface area contributed by atoms with Gasteiger partial charge in [0.1, 0.15) is 45.4 Å². The highest BCUT2D eigenvalue weighted by Gasteiger charge is 2.28. The Bertz CT molecular complexity index is 1800. The molecule has 0 radical (unpaired) electrons. The number of nitrogens with one attached hydrogen (secondary N) is 1. The number of fused-ring (bicyclic) bond motifs is 4. The molecule has 0 unspecified atom stereocenters. The lowest BCUT2D eigenvalue weighted by Gasteiger charge is -2.31. The van der Waals surface area contributed by atoms with E-state index in [9.17, 15) is 12.8 Å². The molecule has 0 amide bonds. The molecular formula is C30H26ClFN4O4S. The van der Waals surface area contributed by atoms with Gasteiger partial charge in [0.25, 0.3) is 0 Å². The summed E-state index contributed by atoms with van der Waals surface area (Å²) < 4.78 is 48.1. The molecule has 8 nitrogen and oxygen atoms in total. The number of sulfone groups is 1. The summed E-state index contributed by atoms with van der Waals surface area (Å²) in [5.74, 6) is 2.41. The minimum Gasteiger partial charge on any atom is -0.487 e. The van der Waals surface area contributed by atoms with Crippen molar-refractivity contribution >= 4 is 45.0 Å². The van der Waals surface area contributed by atoms with E-state index >= 15 is 0 Å². The Kier molecular flexibility index (Phi) is 7.37. The number of ether oxygens (including phenoxy) is 1. The fourth-order valence-electron chi connectivity index (χ4n) is 4.69. The van der Waals surface area contributed by atoms with Crippen molar-refractivity contribution in [1.82, 2.24) is 10.2 Å². The Morgan fingerprint density at radius 2 is 1.95 bits per heavy atom. The molecule has 0 saturated carbocycles. The highest BCUT2D eigenvalue weighted by atomic mass is 35.5. The Morgan fingerprint density at radius 1 is 1.10 bits per heavy atom. The van der Waals surface area contributed by atoms with E-state index in [2.05, 4.69) is 10.3 Å². The maximum atomic E-state index is 13.5. The van der Waals surface area contributed by atoms with Gasteiger partial charge in [0.15, 0.2) is 0 Å². The molecule has 0 fully saturated rings. The van der Waals surface area contributed by atoms with Crippen LogP contribution in [0.25, 0.3) is 11.3 Å². The first kappa shape index (κ1) is 27.2. The monoisotopic (exact) mass is 592 g/mol. The highest BCUT2D eigenvalue weighted by Crippen LogP contribution is 2.41. The minimum absolute atomic E-state index is 0.0715. The molecule has 0 spiro atoms. The Balaban J connectivity index is 1.22. The van der Waals surface area contributed by atoms with E-state index < -0.39 is 9.84 Å². The fraction of sp³-hybridized carbons (Fsp3) is 0.200. The van der Waals surface area contributed by atoms with Gasteiger partial charge in [0.05, 0.1) is 41.6 Å². The molecule has 1 N–H and O–H groups in total.